The fourth-order valence-electron chi connectivity index (χ4n) is 2.81. The smallest absolute Gasteiger partial charge is 0.170 e. The van der Waals surface area contributed by atoms with Crippen molar-refractivity contribution < 1.29 is 9.60 Å². The largest absolute Gasteiger partial charge is 0.409 e. The lowest BCUT2D eigenvalue weighted by Gasteiger charge is -2.21. The van der Waals surface area contributed by atoms with E-state index in [-0.39, 0.29) is 11.7 Å². The maximum absolute atomic E-state index is 13.3. The van der Waals surface area contributed by atoms with Crippen LogP contribution in [0.2, 0.25) is 0 Å². The molecular weight excluding hydrogens is 289 g/mol. The Hall–Kier alpha value is -1.27. The molecule has 116 valence electrons. The molecule has 1 aromatic carbocycles. The van der Waals surface area contributed by atoms with Gasteiger partial charge in [-0.3, -0.25) is 0 Å². The summed E-state index contributed by atoms with van der Waals surface area (Å²) in [6, 6.07) is 4.86. The molecule has 2 atom stereocenters. The van der Waals surface area contributed by atoms with E-state index in [4.69, 9.17) is 10.9 Å². The number of hydrogen-bond acceptors (Lipinski definition) is 4. The van der Waals surface area contributed by atoms with Gasteiger partial charge in [0.25, 0.3) is 0 Å². The zero-order valence-corrected chi connectivity index (χ0v) is 13.0. The highest BCUT2D eigenvalue weighted by molar-refractivity contribution is 7.99. The van der Waals surface area contributed by atoms with Gasteiger partial charge in [-0.15, -0.1) is 0 Å². The maximum atomic E-state index is 13.3. The van der Waals surface area contributed by atoms with Crippen LogP contribution in [0.4, 0.5) is 4.39 Å². The molecule has 0 spiro atoms. The summed E-state index contributed by atoms with van der Waals surface area (Å²) in [6.45, 7) is 2.77. The second-order valence-electron chi connectivity index (χ2n) is 5.20. The van der Waals surface area contributed by atoms with E-state index in [1.54, 1.807) is 6.07 Å². The minimum atomic E-state index is -0.388. The van der Waals surface area contributed by atoms with E-state index in [1.165, 1.54) is 25.0 Å². The molecule has 21 heavy (non-hydrogen) atoms. The Bertz CT molecular complexity index is 510. The molecule has 4 N–H and O–H groups in total. The Morgan fingerprint density at radius 1 is 1.52 bits per heavy atom. The lowest BCUT2D eigenvalue weighted by atomic mass is 10.1. The van der Waals surface area contributed by atoms with Crippen LogP contribution in [0.1, 0.15) is 37.3 Å². The van der Waals surface area contributed by atoms with Crippen LogP contribution in [0.15, 0.2) is 23.4 Å². The average Bonchev–Trinajstić information content (AvgIpc) is 2.93. The number of thioether (sulfide) groups is 1. The summed E-state index contributed by atoms with van der Waals surface area (Å²) in [5.41, 5.74) is 6.92. The average molecular weight is 311 g/mol. The van der Waals surface area contributed by atoms with E-state index >= 15 is 0 Å². The number of hydrogen-bond donors (Lipinski definition) is 3. The van der Waals surface area contributed by atoms with Crippen molar-refractivity contribution in [1.29, 1.82) is 0 Å². The van der Waals surface area contributed by atoms with Crippen molar-refractivity contribution in [2.75, 3.05) is 5.75 Å². The van der Waals surface area contributed by atoms with Crippen molar-refractivity contribution in [2.45, 2.75) is 44.0 Å². The first kappa shape index (κ1) is 16.1. The fourth-order valence-corrected chi connectivity index (χ4v) is 4.04. The number of oxime groups is 1. The van der Waals surface area contributed by atoms with Crippen LogP contribution in [-0.4, -0.2) is 28.1 Å². The van der Waals surface area contributed by atoms with E-state index in [1.807, 2.05) is 11.8 Å². The van der Waals surface area contributed by atoms with Gasteiger partial charge in [-0.1, -0.05) is 24.6 Å². The van der Waals surface area contributed by atoms with E-state index in [0.717, 1.165) is 17.7 Å². The standard InChI is InChI=1S/C15H22FN3OS/c1-2-21-14-5-3-4-13(14)18-9-10-6-7-11(16)8-12(10)15(17)19-20/h6-8,13-14,18,20H,2-5,9H2,1H3,(H2,17,19). The van der Waals surface area contributed by atoms with Gasteiger partial charge in [-0.05, 0) is 36.3 Å². The molecule has 0 amide bonds. The lowest BCUT2D eigenvalue weighted by Crippen LogP contribution is -2.34. The topological polar surface area (TPSA) is 70.6 Å². The first-order chi connectivity index (χ1) is 10.2. The summed E-state index contributed by atoms with van der Waals surface area (Å²) < 4.78 is 13.3. The first-order valence-corrected chi connectivity index (χ1v) is 8.32. The van der Waals surface area contributed by atoms with Crippen LogP contribution in [0, 0.1) is 5.82 Å². The fraction of sp³-hybridized carbons (Fsp3) is 0.533. The van der Waals surface area contributed by atoms with E-state index in [9.17, 15) is 4.39 Å². The van der Waals surface area contributed by atoms with Gasteiger partial charge in [-0.25, -0.2) is 4.39 Å². The van der Waals surface area contributed by atoms with Gasteiger partial charge in [0.1, 0.15) is 5.82 Å². The molecule has 0 aromatic heterocycles. The minimum Gasteiger partial charge on any atom is -0.409 e. The van der Waals surface area contributed by atoms with Crippen LogP contribution in [0.25, 0.3) is 0 Å². The normalized spacial score (nSPS) is 22.7. The Morgan fingerprint density at radius 2 is 2.33 bits per heavy atom. The van der Waals surface area contributed by atoms with Gasteiger partial charge < -0.3 is 16.3 Å². The third-order valence-corrected chi connectivity index (χ3v) is 5.17. The summed E-state index contributed by atoms with van der Waals surface area (Å²) in [6.07, 6.45) is 3.65. The minimum absolute atomic E-state index is 0.0581. The van der Waals surface area contributed by atoms with Gasteiger partial charge >= 0.3 is 0 Å². The number of halogens is 1. The number of amidine groups is 1. The molecule has 0 saturated heterocycles. The Morgan fingerprint density at radius 3 is 3.05 bits per heavy atom. The second-order valence-corrected chi connectivity index (χ2v) is 6.71. The summed E-state index contributed by atoms with van der Waals surface area (Å²) in [5, 5.41) is 16.0. The molecular formula is C15H22FN3OS. The number of rotatable bonds is 6. The molecule has 1 aromatic rings. The molecule has 0 bridgehead atoms. The molecule has 1 aliphatic carbocycles. The van der Waals surface area contributed by atoms with Crippen molar-refractivity contribution in [3.05, 3.63) is 35.1 Å². The van der Waals surface area contributed by atoms with E-state index in [0.29, 0.717) is 23.4 Å². The summed E-state index contributed by atoms with van der Waals surface area (Å²) in [5.74, 6) is 0.673. The molecule has 2 rings (SSSR count). The number of nitrogens with one attached hydrogen (secondary N) is 1. The molecule has 1 fully saturated rings. The highest BCUT2D eigenvalue weighted by Gasteiger charge is 2.26. The van der Waals surface area contributed by atoms with Gasteiger partial charge in [0, 0.05) is 23.4 Å². The van der Waals surface area contributed by atoms with Crippen LogP contribution < -0.4 is 11.1 Å². The molecule has 0 heterocycles. The quantitative estimate of drug-likeness (QED) is 0.327. The molecule has 1 saturated carbocycles. The third-order valence-electron chi connectivity index (χ3n) is 3.84. The van der Waals surface area contributed by atoms with Crippen molar-refractivity contribution in [3.8, 4) is 0 Å². The Balaban J connectivity index is 2.06. The monoisotopic (exact) mass is 311 g/mol. The predicted octanol–water partition coefficient (Wildman–Crippen LogP) is 2.68. The van der Waals surface area contributed by atoms with Crippen molar-refractivity contribution >= 4 is 17.6 Å². The predicted molar refractivity (Wildman–Crippen MR) is 85.3 cm³/mol. The van der Waals surface area contributed by atoms with Crippen LogP contribution in [0.3, 0.4) is 0 Å². The van der Waals surface area contributed by atoms with Crippen molar-refractivity contribution in [2.24, 2.45) is 10.9 Å². The molecule has 0 radical (unpaired) electrons. The molecule has 0 aliphatic heterocycles. The van der Waals surface area contributed by atoms with E-state index < -0.39 is 0 Å². The Labute approximate surface area is 129 Å². The second kappa shape index (κ2) is 7.66. The summed E-state index contributed by atoms with van der Waals surface area (Å²) in [7, 11) is 0. The van der Waals surface area contributed by atoms with Gasteiger partial charge in [0.2, 0.25) is 0 Å². The lowest BCUT2D eigenvalue weighted by molar-refractivity contribution is 0.318. The van der Waals surface area contributed by atoms with Crippen LogP contribution in [-0.2, 0) is 6.54 Å². The summed E-state index contributed by atoms with van der Waals surface area (Å²) >= 11 is 1.99. The number of nitrogens with two attached hydrogens (primary N) is 1. The zero-order chi connectivity index (χ0) is 15.2. The number of nitrogens with zero attached hydrogens (tertiary/aromatic N) is 1. The van der Waals surface area contributed by atoms with E-state index in [2.05, 4.69) is 17.4 Å². The molecule has 4 nitrogen and oxygen atoms in total. The highest BCUT2D eigenvalue weighted by Crippen LogP contribution is 2.30. The molecule has 6 heteroatoms. The van der Waals surface area contributed by atoms with Crippen molar-refractivity contribution in [1.82, 2.24) is 5.32 Å². The zero-order valence-electron chi connectivity index (χ0n) is 12.2. The van der Waals surface area contributed by atoms with Gasteiger partial charge in [0.15, 0.2) is 5.84 Å². The molecule has 2 unspecified atom stereocenters. The van der Waals surface area contributed by atoms with Gasteiger partial charge in [-0.2, -0.15) is 11.8 Å². The summed E-state index contributed by atoms with van der Waals surface area (Å²) in [4.78, 5) is 0. The maximum Gasteiger partial charge on any atom is 0.170 e. The van der Waals surface area contributed by atoms with Crippen LogP contribution >= 0.6 is 11.8 Å². The third kappa shape index (κ3) is 4.11. The first-order valence-electron chi connectivity index (χ1n) is 7.27. The SMILES string of the molecule is CCSC1CCCC1NCc1ccc(F)cc1/C(N)=N/O. The van der Waals surface area contributed by atoms with Crippen LogP contribution in [0.5, 0.6) is 0 Å². The number of benzene rings is 1. The Kier molecular flexibility index (Phi) is 5.87. The molecule has 1 aliphatic rings. The van der Waals surface area contributed by atoms with Gasteiger partial charge in [0.05, 0.1) is 0 Å². The highest BCUT2D eigenvalue weighted by atomic mass is 32.2. The van der Waals surface area contributed by atoms with Crippen molar-refractivity contribution in [3.63, 3.8) is 0 Å².